The van der Waals surface area contributed by atoms with Crippen LogP contribution in [0.1, 0.15) is 24.0 Å². The van der Waals surface area contributed by atoms with Crippen molar-refractivity contribution in [3.63, 3.8) is 0 Å². The first-order valence-corrected chi connectivity index (χ1v) is 9.83. The second kappa shape index (κ2) is 12.1. The van der Waals surface area contributed by atoms with Crippen molar-refractivity contribution < 1.29 is 22.6 Å². The lowest BCUT2D eigenvalue weighted by atomic mass is 9.74. The molecule has 2 N–H and O–H groups in total. The third-order valence-corrected chi connectivity index (χ3v) is 5.34. The van der Waals surface area contributed by atoms with Gasteiger partial charge in [-0.2, -0.15) is 8.78 Å². The van der Waals surface area contributed by atoms with Gasteiger partial charge in [0.15, 0.2) is 5.96 Å². The van der Waals surface area contributed by atoms with Crippen LogP contribution in [0.3, 0.4) is 0 Å². The smallest absolute Gasteiger partial charge is 0.387 e. The van der Waals surface area contributed by atoms with E-state index in [0.717, 1.165) is 18.4 Å². The molecule has 2 aromatic rings. The van der Waals surface area contributed by atoms with Crippen LogP contribution in [-0.2, 0) is 16.7 Å². The first-order valence-electron chi connectivity index (χ1n) is 9.83. The molecule has 0 bridgehead atoms. The molecule has 31 heavy (non-hydrogen) atoms. The van der Waals surface area contributed by atoms with E-state index in [4.69, 9.17) is 4.74 Å². The average Bonchev–Trinajstić information content (AvgIpc) is 2.75. The van der Waals surface area contributed by atoms with Gasteiger partial charge in [0, 0.05) is 44.3 Å². The van der Waals surface area contributed by atoms with Gasteiger partial charge in [-0.25, -0.2) is 4.39 Å². The standard InChI is InChI=1S/C22H26F3N3O2.HI/c1-26-21(27-14-16-5-2-3-8-19(16)30-20(24)25)28-15-22(9-11-29-12-10-22)17-6-4-7-18(23)13-17;/h2-8,13,20H,9-12,14-15H2,1H3,(H2,26,27,28);1H. The monoisotopic (exact) mass is 549 g/mol. The van der Waals surface area contributed by atoms with Crippen LogP contribution in [0.4, 0.5) is 13.2 Å². The molecule has 0 aliphatic carbocycles. The van der Waals surface area contributed by atoms with Gasteiger partial charge in [0.2, 0.25) is 0 Å². The molecule has 1 saturated heterocycles. The predicted octanol–water partition coefficient (Wildman–Crippen LogP) is 4.46. The molecule has 1 aliphatic rings. The minimum atomic E-state index is -2.89. The first-order chi connectivity index (χ1) is 14.5. The van der Waals surface area contributed by atoms with E-state index in [1.807, 2.05) is 6.07 Å². The van der Waals surface area contributed by atoms with Crippen molar-refractivity contribution in [3.8, 4) is 5.75 Å². The summed E-state index contributed by atoms with van der Waals surface area (Å²) in [6, 6.07) is 13.3. The minimum Gasteiger partial charge on any atom is -0.434 e. The summed E-state index contributed by atoms with van der Waals surface area (Å²) in [7, 11) is 1.63. The molecule has 5 nitrogen and oxygen atoms in total. The molecule has 2 aromatic carbocycles. The SMILES string of the molecule is CN=C(NCc1ccccc1OC(F)F)NCC1(c2cccc(F)c2)CCOCC1.I. The Balaban J connectivity index is 0.00000341. The molecule has 9 heteroatoms. The summed E-state index contributed by atoms with van der Waals surface area (Å²) in [4.78, 5) is 4.22. The highest BCUT2D eigenvalue weighted by molar-refractivity contribution is 14.0. The van der Waals surface area contributed by atoms with Crippen LogP contribution in [0.5, 0.6) is 5.75 Å². The van der Waals surface area contributed by atoms with E-state index >= 15 is 0 Å². The Bertz CT molecular complexity index is 861. The van der Waals surface area contributed by atoms with E-state index in [0.29, 0.717) is 31.3 Å². The summed E-state index contributed by atoms with van der Waals surface area (Å²) < 4.78 is 49.1. The fourth-order valence-electron chi connectivity index (χ4n) is 3.66. The molecule has 1 heterocycles. The van der Waals surface area contributed by atoms with Crippen LogP contribution in [0, 0.1) is 5.82 Å². The lowest BCUT2D eigenvalue weighted by molar-refractivity contribution is -0.0504. The highest BCUT2D eigenvalue weighted by Crippen LogP contribution is 2.34. The normalized spacial score (nSPS) is 15.8. The summed E-state index contributed by atoms with van der Waals surface area (Å²) in [5.41, 5.74) is 1.23. The Morgan fingerprint density at radius 1 is 1.13 bits per heavy atom. The van der Waals surface area contributed by atoms with Crippen molar-refractivity contribution >= 4 is 29.9 Å². The quantitative estimate of drug-likeness (QED) is 0.305. The summed E-state index contributed by atoms with van der Waals surface area (Å²) in [5.74, 6) is 0.372. The molecule has 3 rings (SSSR count). The first kappa shape index (κ1) is 25.3. The Morgan fingerprint density at radius 2 is 1.87 bits per heavy atom. The molecule has 170 valence electrons. The zero-order valence-electron chi connectivity index (χ0n) is 17.2. The molecule has 0 aromatic heterocycles. The molecule has 0 spiro atoms. The minimum absolute atomic E-state index is 0. The summed E-state index contributed by atoms with van der Waals surface area (Å²) in [6.45, 7) is -0.887. The van der Waals surface area contributed by atoms with E-state index < -0.39 is 6.61 Å². The summed E-state index contributed by atoms with van der Waals surface area (Å²) in [5, 5.41) is 6.43. The van der Waals surface area contributed by atoms with Crippen molar-refractivity contribution in [1.82, 2.24) is 10.6 Å². The molecule has 0 atom stereocenters. The maximum absolute atomic E-state index is 13.8. The predicted molar refractivity (Wildman–Crippen MR) is 125 cm³/mol. The molecular weight excluding hydrogens is 522 g/mol. The topological polar surface area (TPSA) is 54.9 Å². The second-order valence-electron chi connectivity index (χ2n) is 7.17. The second-order valence-corrected chi connectivity index (χ2v) is 7.17. The number of aliphatic imine (C=N–C) groups is 1. The maximum Gasteiger partial charge on any atom is 0.387 e. The largest absolute Gasteiger partial charge is 0.434 e. The fraction of sp³-hybridized carbons (Fsp3) is 0.409. The number of rotatable bonds is 7. The third kappa shape index (κ3) is 6.99. The van der Waals surface area contributed by atoms with E-state index in [9.17, 15) is 13.2 Å². The summed E-state index contributed by atoms with van der Waals surface area (Å²) >= 11 is 0. The van der Waals surface area contributed by atoms with Crippen molar-refractivity contribution in [3.05, 3.63) is 65.5 Å². The highest BCUT2D eigenvalue weighted by atomic mass is 127. The number of ether oxygens (including phenoxy) is 2. The zero-order chi connectivity index (χ0) is 21.4. The van der Waals surface area contributed by atoms with Gasteiger partial charge in [-0.15, -0.1) is 24.0 Å². The van der Waals surface area contributed by atoms with E-state index in [1.165, 1.54) is 12.1 Å². The van der Waals surface area contributed by atoms with Gasteiger partial charge in [0.25, 0.3) is 0 Å². The molecule has 1 fully saturated rings. The number of nitrogens with one attached hydrogen (secondary N) is 2. The van der Waals surface area contributed by atoms with Crippen LogP contribution < -0.4 is 15.4 Å². The van der Waals surface area contributed by atoms with E-state index in [2.05, 4.69) is 20.4 Å². The fourth-order valence-corrected chi connectivity index (χ4v) is 3.66. The number of nitrogens with zero attached hydrogens (tertiary/aromatic N) is 1. The number of halogens is 4. The summed E-state index contributed by atoms with van der Waals surface area (Å²) in [6.07, 6.45) is 1.51. The van der Waals surface area contributed by atoms with Crippen LogP contribution in [0.15, 0.2) is 53.5 Å². The molecule has 0 unspecified atom stereocenters. The van der Waals surface area contributed by atoms with E-state index in [1.54, 1.807) is 37.4 Å². The number of alkyl halides is 2. The highest BCUT2D eigenvalue weighted by Gasteiger charge is 2.35. The van der Waals surface area contributed by atoms with Crippen molar-refractivity contribution in [2.75, 3.05) is 26.8 Å². The van der Waals surface area contributed by atoms with Gasteiger partial charge in [-0.05, 0) is 36.6 Å². The van der Waals surface area contributed by atoms with Crippen LogP contribution in [-0.4, -0.2) is 39.4 Å². The van der Waals surface area contributed by atoms with Gasteiger partial charge >= 0.3 is 6.61 Å². The Kier molecular flexibility index (Phi) is 9.89. The van der Waals surface area contributed by atoms with Crippen LogP contribution in [0.2, 0.25) is 0 Å². The van der Waals surface area contributed by atoms with Gasteiger partial charge in [0.05, 0.1) is 0 Å². The maximum atomic E-state index is 13.8. The zero-order valence-corrected chi connectivity index (χ0v) is 19.6. The molecule has 0 amide bonds. The van der Waals surface area contributed by atoms with E-state index in [-0.39, 0.29) is 47.5 Å². The van der Waals surface area contributed by atoms with Gasteiger partial charge in [-0.3, -0.25) is 4.99 Å². The molecule has 0 radical (unpaired) electrons. The number of para-hydroxylation sites is 1. The Morgan fingerprint density at radius 3 is 2.55 bits per heavy atom. The van der Waals surface area contributed by atoms with Gasteiger partial charge < -0.3 is 20.1 Å². The van der Waals surface area contributed by atoms with Crippen molar-refractivity contribution in [2.45, 2.75) is 31.4 Å². The van der Waals surface area contributed by atoms with Crippen LogP contribution >= 0.6 is 24.0 Å². The molecule has 0 saturated carbocycles. The number of hydrogen-bond donors (Lipinski definition) is 2. The number of guanidine groups is 1. The lowest BCUT2D eigenvalue weighted by Gasteiger charge is -2.38. The average molecular weight is 549 g/mol. The van der Waals surface area contributed by atoms with Crippen LogP contribution in [0.25, 0.3) is 0 Å². The van der Waals surface area contributed by atoms with Gasteiger partial charge in [-0.1, -0.05) is 30.3 Å². The number of benzene rings is 2. The van der Waals surface area contributed by atoms with Crippen molar-refractivity contribution in [2.24, 2.45) is 4.99 Å². The Labute approximate surface area is 197 Å². The number of hydrogen-bond acceptors (Lipinski definition) is 3. The third-order valence-electron chi connectivity index (χ3n) is 5.34. The van der Waals surface area contributed by atoms with Crippen molar-refractivity contribution in [1.29, 1.82) is 0 Å². The van der Waals surface area contributed by atoms with Gasteiger partial charge in [0.1, 0.15) is 11.6 Å². The molecule has 1 aliphatic heterocycles. The Hall–Kier alpha value is -2.01. The lowest BCUT2D eigenvalue weighted by Crippen LogP contribution is -2.48. The molecular formula is C22H27F3IN3O2.